The molecular weight excluding hydrogens is 444 g/mol. The summed E-state index contributed by atoms with van der Waals surface area (Å²) < 4.78 is 0. The van der Waals surface area contributed by atoms with Gasteiger partial charge in [0, 0.05) is 5.41 Å². The molecule has 0 aliphatic heterocycles. The normalized spacial score (nSPS) is 13.8. The van der Waals surface area contributed by atoms with Gasteiger partial charge in [-0.1, -0.05) is 162 Å². The molecule has 0 saturated heterocycles. The highest BCUT2D eigenvalue weighted by molar-refractivity contribution is 5.93. The lowest BCUT2D eigenvalue weighted by atomic mass is 9.70. The molecule has 4 aromatic rings. The van der Waals surface area contributed by atoms with Crippen LogP contribution in [0.25, 0.3) is 34.1 Å². The maximum atomic E-state index is 2.52. The summed E-state index contributed by atoms with van der Waals surface area (Å²) in [6.45, 7) is 4.63. The van der Waals surface area contributed by atoms with Crippen LogP contribution >= 0.6 is 0 Å². The van der Waals surface area contributed by atoms with Gasteiger partial charge in [-0.3, -0.25) is 0 Å². The van der Waals surface area contributed by atoms with E-state index in [0.717, 1.165) is 0 Å². The summed E-state index contributed by atoms with van der Waals surface area (Å²) in [7, 11) is 0. The van der Waals surface area contributed by atoms with Crippen LogP contribution in [0.1, 0.15) is 100 Å². The predicted octanol–water partition coefficient (Wildman–Crippen LogP) is 11.2. The molecule has 0 radical (unpaired) electrons. The lowest BCUT2D eigenvalue weighted by Crippen LogP contribution is -2.25. The molecule has 0 heterocycles. The quantitative estimate of drug-likeness (QED) is 0.138. The molecule has 5 rings (SSSR count). The van der Waals surface area contributed by atoms with Crippen molar-refractivity contribution >= 4 is 22.9 Å². The minimum absolute atomic E-state index is 0.150. The van der Waals surface area contributed by atoms with Crippen LogP contribution in [0.3, 0.4) is 0 Å². The summed E-state index contributed by atoms with van der Waals surface area (Å²) in [5.74, 6) is 0. The van der Waals surface area contributed by atoms with Gasteiger partial charge in [0.25, 0.3) is 0 Å². The number of fused-ring (bicyclic) bond motifs is 4. The average Bonchev–Trinajstić information content (AvgIpc) is 3.21. The van der Waals surface area contributed by atoms with E-state index in [2.05, 4.69) is 111 Å². The van der Waals surface area contributed by atoms with Crippen LogP contribution < -0.4 is 0 Å². The number of hydrogen-bond donors (Lipinski definition) is 0. The summed E-state index contributed by atoms with van der Waals surface area (Å²) in [4.78, 5) is 0. The molecule has 0 bridgehead atoms. The van der Waals surface area contributed by atoms with Gasteiger partial charge in [-0.2, -0.15) is 0 Å². The van der Waals surface area contributed by atoms with Crippen molar-refractivity contribution < 1.29 is 0 Å². The maximum Gasteiger partial charge on any atom is 0.0215 e. The van der Waals surface area contributed by atoms with Crippen LogP contribution in [-0.2, 0) is 5.41 Å². The predicted molar refractivity (Wildman–Crippen MR) is 163 cm³/mol. The van der Waals surface area contributed by atoms with Crippen LogP contribution in [0.2, 0.25) is 0 Å². The molecule has 1 aliphatic carbocycles. The van der Waals surface area contributed by atoms with E-state index in [9.17, 15) is 0 Å². The molecule has 0 nitrogen and oxygen atoms in total. The van der Waals surface area contributed by atoms with E-state index >= 15 is 0 Å². The van der Waals surface area contributed by atoms with E-state index in [1.165, 1.54) is 97.2 Å². The Kier molecular flexibility index (Phi) is 8.24. The first kappa shape index (κ1) is 25.5. The molecule has 0 amide bonds. The molecule has 1 aliphatic rings. The van der Waals surface area contributed by atoms with Crippen molar-refractivity contribution in [1.29, 1.82) is 0 Å². The third kappa shape index (κ3) is 5.30. The molecule has 190 valence electrons. The Morgan fingerprint density at radius 2 is 1.24 bits per heavy atom. The average molecular weight is 487 g/mol. The summed E-state index contributed by atoms with van der Waals surface area (Å²) in [5.41, 5.74) is 8.82. The molecular formula is C37H42. The van der Waals surface area contributed by atoms with Gasteiger partial charge in [0.05, 0.1) is 0 Å². The molecule has 4 aromatic carbocycles. The van der Waals surface area contributed by atoms with Gasteiger partial charge < -0.3 is 0 Å². The van der Waals surface area contributed by atoms with Crippen LogP contribution in [0.15, 0.2) is 84.9 Å². The fraction of sp³-hybridized carbons (Fsp3) is 0.351. The van der Waals surface area contributed by atoms with Crippen LogP contribution in [-0.4, -0.2) is 0 Å². The third-order valence-corrected chi connectivity index (χ3v) is 8.48. The molecule has 0 unspecified atom stereocenters. The van der Waals surface area contributed by atoms with Gasteiger partial charge in [-0.25, -0.2) is 0 Å². The van der Waals surface area contributed by atoms with E-state index in [-0.39, 0.29) is 5.41 Å². The van der Waals surface area contributed by atoms with E-state index in [1.54, 1.807) is 11.1 Å². The zero-order valence-electron chi connectivity index (χ0n) is 22.8. The van der Waals surface area contributed by atoms with Gasteiger partial charge in [0.1, 0.15) is 0 Å². The minimum Gasteiger partial charge on any atom is -0.0654 e. The minimum atomic E-state index is 0.150. The van der Waals surface area contributed by atoms with Crippen molar-refractivity contribution in [3.63, 3.8) is 0 Å². The maximum absolute atomic E-state index is 2.52. The van der Waals surface area contributed by atoms with E-state index in [1.807, 2.05) is 0 Å². The van der Waals surface area contributed by atoms with Crippen molar-refractivity contribution in [1.82, 2.24) is 0 Å². The Labute approximate surface area is 224 Å². The van der Waals surface area contributed by atoms with Gasteiger partial charge in [0.2, 0.25) is 0 Å². The SMILES string of the molecule is CCCCCCC1(CCCCCC)c2ccccc2-c2ccc(/C=C/c3cccc4ccccc34)cc21. The fourth-order valence-corrected chi connectivity index (χ4v) is 6.53. The van der Waals surface area contributed by atoms with Gasteiger partial charge >= 0.3 is 0 Å². The summed E-state index contributed by atoms with van der Waals surface area (Å²) in [6, 6.07) is 31.8. The first-order chi connectivity index (χ1) is 18.3. The molecule has 0 heteroatoms. The van der Waals surface area contributed by atoms with Crippen molar-refractivity contribution in [2.24, 2.45) is 0 Å². The zero-order valence-corrected chi connectivity index (χ0v) is 22.8. The largest absolute Gasteiger partial charge is 0.0654 e. The van der Waals surface area contributed by atoms with Crippen LogP contribution in [0, 0.1) is 0 Å². The Hall–Kier alpha value is -3.12. The highest BCUT2D eigenvalue weighted by atomic mass is 14.4. The van der Waals surface area contributed by atoms with Crippen LogP contribution in [0.5, 0.6) is 0 Å². The molecule has 0 saturated carbocycles. The summed E-state index contributed by atoms with van der Waals surface area (Å²) in [5, 5.41) is 2.61. The van der Waals surface area contributed by atoms with E-state index in [0.29, 0.717) is 0 Å². The number of unbranched alkanes of at least 4 members (excludes halogenated alkanes) is 6. The Morgan fingerprint density at radius 3 is 2.03 bits per heavy atom. The smallest absolute Gasteiger partial charge is 0.0215 e. The molecule has 0 spiro atoms. The first-order valence-electron chi connectivity index (χ1n) is 14.7. The Balaban J connectivity index is 1.53. The second kappa shape index (κ2) is 12.0. The monoisotopic (exact) mass is 486 g/mol. The van der Waals surface area contributed by atoms with Crippen molar-refractivity contribution in [3.05, 3.63) is 107 Å². The lowest BCUT2D eigenvalue weighted by molar-refractivity contribution is 0.401. The highest BCUT2D eigenvalue weighted by Crippen LogP contribution is 2.54. The topological polar surface area (TPSA) is 0 Å². The second-order valence-electron chi connectivity index (χ2n) is 11.0. The standard InChI is InChI=1S/C37H42/c1-3-5-7-13-26-37(27-14-8-6-4-2)35-21-12-11-20-33(35)34-25-23-29(28-36(34)37)22-24-31-18-15-17-30-16-9-10-19-32(30)31/h9-12,15-25,28H,3-8,13-14,26-27H2,1-2H3/b24-22+. The van der Waals surface area contributed by atoms with Crippen molar-refractivity contribution in [2.45, 2.75) is 83.5 Å². The van der Waals surface area contributed by atoms with Gasteiger partial charge in [0.15, 0.2) is 0 Å². The van der Waals surface area contributed by atoms with Gasteiger partial charge in [-0.15, -0.1) is 0 Å². The first-order valence-corrected chi connectivity index (χ1v) is 14.7. The zero-order chi connectivity index (χ0) is 25.5. The van der Waals surface area contributed by atoms with E-state index < -0.39 is 0 Å². The molecule has 0 fully saturated rings. The van der Waals surface area contributed by atoms with E-state index in [4.69, 9.17) is 0 Å². The third-order valence-electron chi connectivity index (χ3n) is 8.48. The van der Waals surface area contributed by atoms with Crippen molar-refractivity contribution in [3.8, 4) is 11.1 Å². The lowest BCUT2D eigenvalue weighted by Gasteiger charge is -2.33. The number of hydrogen-bond acceptors (Lipinski definition) is 0. The Bertz CT molecular complexity index is 1340. The number of benzene rings is 4. The molecule has 0 aromatic heterocycles. The number of rotatable bonds is 12. The molecule has 0 atom stereocenters. The summed E-state index contributed by atoms with van der Waals surface area (Å²) >= 11 is 0. The molecule has 0 N–H and O–H groups in total. The molecule has 37 heavy (non-hydrogen) atoms. The van der Waals surface area contributed by atoms with Crippen LogP contribution in [0.4, 0.5) is 0 Å². The summed E-state index contributed by atoms with van der Waals surface area (Å²) in [6.07, 6.45) is 17.7. The fourth-order valence-electron chi connectivity index (χ4n) is 6.53. The second-order valence-corrected chi connectivity index (χ2v) is 11.0. The van der Waals surface area contributed by atoms with Gasteiger partial charge in [-0.05, 0) is 57.0 Å². The van der Waals surface area contributed by atoms with Crippen molar-refractivity contribution in [2.75, 3.05) is 0 Å². The highest BCUT2D eigenvalue weighted by Gasteiger charge is 2.41. The Morgan fingerprint density at radius 1 is 0.568 bits per heavy atom.